The van der Waals surface area contributed by atoms with E-state index >= 15 is 0 Å². The highest BCUT2D eigenvalue weighted by atomic mass is 32.2. The van der Waals surface area contributed by atoms with Crippen LogP contribution in [0.25, 0.3) is 0 Å². The lowest BCUT2D eigenvalue weighted by Gasteiger charge is -1.98. The SMILES string of the molecule is CC(=O)CSc1nc(N)cc(=O)[nH]1.CCOC(=O)Cc1cnc(N)s1. The molecule has 0 spiro atoms. The van der Waals surface area contributed by atoms with Gasteiger partial charge in [0.2, 0.25) is 0 Å². The standard InChI is InChI=1S/C7H9N3O2S.C7H10N2O2S/c1-4(11)3-13-7-9-5(8)2-6(12)10-7;1-2-11-6(10)3-5-4-9-7(8)12-5/h2H,3H2,1H3,(H3,8,9,10,12);4H,2-3H2,1H3,(H2,8,9). The fourth-order valence-electron chi connectivity index (χ4n) is 1.45. The van der Waals surface area contributed by atoms with Crippen molar-refractivity contribution >= 4 is 45.8 Å². The minimum atomic E-state index is -0.307. The van der Waals surface area contributed by atoms with Gasteiger partial charge in [-0.2, -0.15) is 0 Å². The molecule has 0 aromatic carbocycles. The zero-order chi connectivity index (χ0) is 18.8. The maximum atomic E-state index is 10.9. The molecule has 11 heteroatoms. The lowest BCUT2D eigenvalue weighted by atomic mass is 10.4. The molecule has 0 bridgehead atoms. The molecule has 25 heavy (non-hydrogen) atoms. The summed E-state index contributed by atoms with van der Waals surface area (Å²) < 4.78 is 4.75. The molecule has 136 valence electrons. The smallest absolute Gasteiger partial charge is 0.311 e. The number of esters is 1. The number of nitrogens with one attached hydrogen (secondary N) is 1. The van der Waals surface area contributed by atoms with E-state index in [2.05, 4.69) is 15.0 Å². The summed E-state index contributed by atoms with van der Waals surface area (Å²) in [6.45, 7) is 3.66. The van der Waals surface area contributed by atoms with Crippen LogP contribution in [0, 0.1) is 0 Å². The summed E-state index contributed by atoms with van der Waals surface area (Å²) in [5.41, 5.74) is 10.4. The molecule has 5 N–H and O–H groups in total. The number of nitrogens with two attached hydrogens (primary N) is 2. The second kappa shape index (κ2) is 10.5. The summed E-state index contributed by atoms with van der Waals surface area (Å²) >= 11 is 2.47. The van der Waals surface area contributed by atoms with E-state index in [1.807, 2.05) is 0 Å². The van der Waals surface area contributed by atoms with E-state index < -0.39 is 0 Å². The van der Waals surface area contributed by atoms with E-state index in [1.54, 1.807) is 13.1 Å². The van der Waals surface area contributed by atoms with Gasteiger partial charge in [0.15, 0.2) is 10.3 Å². The Bertz CT molecular complexity index is 775. The minimum Gasteiger partial charge on any atom is -0.466 e. The fraction of sp³-hybridized carbons (Fsp3) is 0.357. The number of rotatable bonds is 6. The fourth-order valence-corrected chi connectivity index (χ4v) is 2.80. The molecular formula is C14H19N5O4S2. The van der Waals surface area contributed by atoms with Crippen LogP contribution in [0.15, 0.2) is 22.2 Å². The third-order valence-corrected chi connectivity index (χ3v) is 4.19. The molecule has 0 saturated heterocycles. The number of hydrogen-bond donors (Lipinski definition) is 3. The molecule has 2 aromatic heterocycles. The molecular weight excluding hydrogens is 366 g/mol. The molecule has 9 nitrogen and oxygen atoms in total. The summed E-state index contributed by atoms with van der Waals surface area (Å²) in [7, 11) is 0. The number of ketones is 1. The predicted molar refractivity (Wildman–Crippen MR) is 97.5 cm³/mol. The van der Waals surface area contributed by atoms with Crippen molar-refractivity contribution in [3.05, 3.63) is 27.5 Å². The van der Waals surface area contributed by atoms with Gasteiger partial charge in [0.05, 0.1) is 18.8 Å². The number of aromatic nitrogens is 3. The van der Waals surface area contributed by atoms with Crippen LogP contribution in [0.5, 0.6) is 0 Å². The van der Waals surface area contributed by atoms with Crippen LogP contribution in [-0.4, -0.2) is 39.1 Å². The average molecular weight is 385 g/mol. The number of carbonyl (C=O) groups is 2. The van der Waals surface area contributed by atoms with Crippen molar-refractivity contribution < 1.29 is 14.3 Å². The van der Waals surface area contributed by atoms with Crippen molar-refractivity contribution in [3.63, 3.8) is 0 Å². The Balaban J connectivity index is 0.000000251. The zero-order valence-corrected chi connectivity index (χ0v) is 15.4. The normalized spacial score (nSPS) is 9.84. The van der Waals surface area contributed by atoms with Crippen LogP contribution in [-0.2, 0) is 20.7 Å². The molecule has 0 amide bonds. The number of ether oxygens (including phenoxy) is 1. The van der Waals surface area contributed by atoms with E-state index in [0.29, 0.717) is 16.9 Å². The number of thiazole rings is 1. The Hall–Kier alpha value is -2.40. The molecule has 0 aliphatic heterocycles. The van der Waals surface area contributed by atoms with E-state index in [9.17, 15) is 14.4 Å². The highest BCUT2D eigenvalue weighted by molar-refractivity contribution is 7.99. The van der Waals surface area contributed by atoms with Crippen molar-refractivity contribution in [1.82, 2.24) is 15.0 Å². The molecule has 2 heterocycles. The largest absolute Gasteiger partial charge is 0.466 e. The van der Waals surface area contributed by atoms with E-state index in [0.717, 1.165) is 16.6 Å². The first-order valence-electron chi connectivity index (χ1n) is 7.15. The maximum Gasteiger partial charge on any atom is 0.311 e. The first kappa shape index (κ1) is 20.6. The number of anilines is 2. The molecule has 0 unspecified atom stereocenters. The number of hydrogen-bond acceptors (Lipinski definition) is 10. The molecule has 0 atom stereocenters. The highest BCUT2D eigenvalue weighted by Crippen LogP contribution is 2.15. The highest BCUT2D eigenvalue weighted by Gasteiger charge is 2.06. The molecule has 0 fully saturated rings. The van der Waals surface area contributed by atoms with Gasteiger partial charge in [-0.1, -0.05) is 11.8 Å². The quantitative estimate of drug-likeness (QED) is 0.373. The van der Waals surface area contributed by atoms with Crippen LogP contribution in [0.2, 0.25) is 0 Å². The summed E-state index contributed by atoms with van der Waals surface area (Å²) in [6.07, 6.45) is 1.86. The Morgan fingerprint density at radius 2 is 2.12 bits per heavy atom. The monoisotopic (exact) mass is 385 g/mol. The second-order valence-electron chi connectivity index (χ2n) is 4.61. The number of H-pyrrole nitrogens is 1. The number of nitrogens with zero attached hydrogens (tertiary/aromatic N) is 2. The Morgan fingerprint density at radius 1 is 1.40 bits per heavy atom. The van der Waals surface area contributed by atoms with Gasteiger partial charge in [-0.3, -0.25) is 14.4 Å². The molecule has 0 aliphatic carbocycles. The summed E-state index contributed by atoms with van der Waals surface area (Å²) in [6, 6.07) is 1.19. The first-order chi connectivity index (χ1) is 11.8. The number of carbonyl (C=O) groups excluding carboxylic acids is 2. The first-order valence-corrected chi connectivity index (χ1v) is 8.95. The zero-order valence-electron chi connectivity index (χ0n) is 13.8. The van der Waals surface area contributed by atoms with Gasteiger partial charge in [-0.05, 0) is 13.8 Å². The summed E-state index contributed by atoms with van der Waals surface area (Å²) in [5, 5.41) is 0.856. The van der Waals surface area contributed by atoms with Gasteiger partial charge < -0.3 is 21.2 Å². The third-order valence-electron chi connectivity index (χ3n) is 2.35. The van der Waals surface area contributed by atoms with Crippen LogP contribution >= 0.6 is 23.1 Å². The molecule has 0 saturated carbocycles. The Kier molecular flexibility index (Phi) is 8.64. The lowest BCUT2D eigenvalue weighted by Crippen LogP contribution is -2.10. The van der Waals surface area contributed by atoms with Gasteiger partial charge in [0.25, 0.3) is 5.56 Å². The van der Waals surface area contributed by atoms with Crippen LogP contribution in [0.1, 0.15) is 18.7 Å². The number of thioether (sulfide) groups is 1. The van der Waals surface area contributed by atoms with Gasteiger partial charge in [-0.15, -0.1) is 11.3 Å². The van der Waals surface area contributed by atoms with Crippen molar-refractivity contribution in [3.8, 4) is 0 Å². The molecule has 2 aromatic rings. The molecule has 0 aliphatic rings. The van der Waals surface area contributed by atoms with Gasteiger partial charge in [-0.25, -0.2) is 9.97 Å². The lowest BCUT2D eigenvalue weighted by molar-refractivity contribution is -0.142. The van der Waals surface area contributed by atoms with Crippen molar-refractivity contribution in [2.75, 3.05) is 23.8 Å². The predicted octanol–water partition coefficient (Wildman–Crippen LogP) is 0.864. The van der Waals surface area contributed by atoms with Crippen LogP contribution in [0.3, 0.4) is 0 Å². The Morgan fingerprint density at radius 3 is 2.64 bits per heavy atom. The minimum absolute atomic E-state index is 0.0232. The maximum absolute atomic E-state index is 10.9. The third kappa shape index (κ3) is 8.86. The number of Topliss-reactive ketones (excluding diaryl/α,β-unsaturated/α-hetero) is 1. The topological polar surface area (TPSA) is 154 Å². The summed E-state index contributed by atoms with van der Waals surface area (Å²) in [4.78, 5) is 43.4. The van der Waals surface area contributed by atoms with Gasteiger partial charge in [0, 0.05) is 17.1 Å². The van der Waals surface area contributed by atoms with Crippen LogP contribution in [0.4, 0.5) is 10.9 Å². The van der Waals surface area contributed by atoms with Gasteiger partial charge >= 0.3 is 5.97 Å². The van der Waals surface area contributed by atoms with Crippen LogP contribution < -0.4 is 17.0 Å². The second-order valence-corrected chi connectivity index (χ2v) is 6.72. The summed E-state index contributed by atoms with van der Waals surface area (Å²) in [5.74, 6) is 0.234. The Labute approximate surface area is 152 Å². The molecule has 0 radical (unpaired) electrons. The number of nitrogen functional groups attached to an aromatic ring is 2. The van der Waals surface area contributed by atoms with Crippen molar-refractivity contribution in [2.24, 2.45) is 0 Å². The van der Waals surface area contributed by atoms with E-state index in [4.69, 9.17) is 16.2 Å². The number of aromatic amines is 1. The van der Waals surface area contributed by atoms with Crippen molar-refractivity contribution in [1.29, 1.82) is 0 Å². The van der Waals surface area contributed by atoms with E-state index in [1.165, 1.54) is 24.3 Å². The molecule has 2 rings (SSSR count). The van der Waals surface area contributed by atoms with Crippen molar-refractivity contribution in [2.45, 2.75) is 25.4 Å². The average Bonchev–Trinajstić information content (AvgIpc) is 2.90. The van der Waals surface area contributed by atoms with E-state index in [-0.39, 0.29) is 35.3 Å². The van der Waals surface area contributed by atoms with Gasteiger partial charge in [0.1, 0.15) is 11.6 Å².